The lowest BCUT2D eigenvalue weighted by Gasteiger charge is -2.16. The number of halogens is 1. The Labute approximate surface area is 163 Å². The first kappa shape index (κ1) is 19.7. The molecule has 3 aromatic rings. The number of hydrogen-bond donors (Lipinski definition) is 1. The normalized spacial score (nSPS) is 12.8. The zero-order valence-electron chi connectivity index (χ0n) is 16.3. The highest BCUT2D eigenvalue weighted by Gasteiger charge is 2.17. The second kappa shape index (κ2) is 8.31. The minimum atomic E-state index is -0.237. The second-order valence-corrected chi connectivity index (χ2v) is 8.55. The van der Waals surface area contributed by atoms with E-state index >= 15 is 0 Å². The van der Waals surface area contributed by atoms with Gasteiger partial charge in [-0.1, -0.05) is 32.4 Å². The van der Waals surface area contributed by atoms with Crippen molar-refractivity contribution in [3.63, 3.8) is 0 Å². The molecule has 0 fully saturated rings. The number of hydrogen-bond acceptors (Lipinski definition) is 4. The molecule has 4 nitrogen and oxygen atoms in total. The monoisotopic (exact) mass is 387 g/mol. The summed E-state index contributed by atoms with van der Waals surface area (Å²) in [6.45, 7) is 7.64. The fraction of sp³-hybridized carbons (Fsp3) is 0.429. The molecule has 1 N–H and O–H groups in total. The van der Waals surface area contributed by atoms with E-state index in [0.717, 1.165) is 34.2 Å². The van der Waals surface area contributed by atoms with Crippen LogP contribution < -0.4 is 5.56 Å². The van der Waals surface area contributed by atoms with Gasteiger partial charge in [0.1, 0.15) is 16.5 Å². The van der Waals surface area contributed by atoms with E-state index in [0.29, 0.717) is 24.8 Å². The number of fused-ring (bicyclic) bond motifs is 1. The van der Waals surface area contributed by atoms with E-state index in [1.807, 2.05) is 7.05 Å². The molecule has 0 bridgehead atoms. The number of benzene rings is 1. The molecule has 2 aromatic heterocycles. The maximum Gasteiger partial charge on any atom is 0.259 e. The topological polar surface area (TPSA) is 49.0 Å². The van der Waals surface area contributed by atoms with Gasteiger partial charge in [0, 0.05) is 11.4 Å². The fourth-order valence-corrected chi connectivity index (χ4v) is 4.32. The maximum absolute atomic E-state index is 13.0. The second-order valence-electron chi connectivity index (χ2n) is 7.35. The zero-order chi connectivity index (χ0) is 19.6. The van der Waals surface area contributed by atoms with Gasteiger partial charge >= 0.3 is 0 Å². The van der Waals surface area contributed by atoms with E-state index in [-0.39, 0.29) is 11.4 Å². The molecule has 0 spiro atoms. The van der Waals surface area contributed by atoms with Crippen LogP contribution in [0.4, 0.5) is 4.39 Å². The lowest BCUT2D eigenvalue weighted by atomic mass is 9.98. The Morgan fingerprint density at radius 2 is 1.96 bits per heavy atom. The number of nitrogens with zero attached hydrogens (tertiary/aromatic N) is 2. The average Bonchev–Trinajstić information content (AvgIpc) is 2.92. The molecule has 0 radical (unpaired) electrons. The van der Waals surface area contributed by atoms with E-state index in [4.69, 9.17) is 4.98 Å². The van der Waals surface area contributed by atoms with Gasteiger partial charge in [0.25, 0.3) is 5.56 Å². The highest BCUT2D eigenvalue weighted by molar-refractivity contribution is 7.18. The average molecular weight is 388 g/mol. The van der Waals surface area contributed by atoms with Crippen molar-refractivity contribution in [2.45, 2.75) is 46.7 Å². The standard InChI is InChI=1S/C21H26FN3OS/c1-5-13(2)10-17-14(3)27-21-19(17)20(26)23-18(24-21)12-25(4)11-15-6-8-16(22)9-7-15/h6-9,13H,5,10-12H2,1-4H3,(H,23,24,26)/t13-/m1/s1. The number of aromatic nitrogens is 2. The van der Waals surface area contributed by atoms with Crippen LogP contribution in [0, 0.1) is 18.7 Å². The summed E-state index contributed by atoms with van der Waals surface area (Å²) in [6, 6.07) is 6.47. The van der Waals surface area contributed by atoms with Crippen molar-refractivity contribution in [3.05, 3.63) is 62.3 Å². The Hall–Kier alpha value is -2.05. The highest BCUT2D eigenvalue weighted by Crippen LogP contribution is 2.29. The summed E-state index contributed by atoms with van der Waals surface area (Å²) in [5, 5.41) is 0.753. The number of nitrogens with one attached hydrogen (secondary N) is 1. The highest BCUT2D eigenvalue weighted by atomic mass is 32.1. The smallest absolute Gasteiger partial charge is 0.259 e. The van der Waals surface area contributed by atoms with Crippen LogP contribution in [0.1, 0.15) is 42.1 Å². The molecular weight excluding hydrogens is 361 g/mol. The largest absolute Gasteiger partial charge is 0.309 e. The van der Waals surface area contributed by atoms with Gasteiger partial charge in [0.15, 0.2) is 0 Å². The van der Waals surface area contributed by atoms with Crippen molar-refractivity contribution in [2.24, 2.45) is 5.92 Å². The molecule has 0 amide bonds. The third-order valence-corrected chi connectivity index (χ3v) is 5.99. The van der Waals surface area contributed by atoms with Gasteiger partial charge in [-0.05, 0) is 49.6 Å². The van der Waals surface area contributed by atoms with E-state index in [1.165, 1.54) is 17.0 Å². The lowest BCUT2D eigenvalue weighted by molar-refractivity contribution is 0.310. The Kier molecular flexibility index (Phi) is 6.07. The van der Waals surface area contributed by atoms with Crippen LogP contribution in [0.3, 0.4) is 0 Å². The molecule has 0 aliphatic carbocycles. The zero-order valence-corrected chi connectivity index (χ0v) is 17.1. The van der Waals surface area contributed by atoms with Crippen molar-refractivity contribution >= 4 is 21.6 Å². The third-order valence-electron chi connectivity index (χ3n) is 4.95. The molecule has 2 heterocycles. The van der Waals surface area contributed by atoms with Crippen LogP contribution in [0.25, 0.3) is 10.2 Å². The van der Waals surface area contributed by atoms with Crippen LogP contribution in [0.15, 0.2) is 29.1 Å². The number of aryl methyl sites for hydroxylation is 1. The quantitative estimate of drug-likeness (QED) is 0.642. The molecule has 6 heteroatoms. The molecule has 0 aliphatic heterocycles. The van der Waals surface area contributed by atoms with Crippen LogP contribution in [-0.2, 0) is 19.5 Å². The number of rotatable bonds is 7. The third kappa shape index (κ3) is 4.62. The van der Waals surface area contributed by atoms with Gasteiger partial charge < -0.3 is 4.98 Å². The Morgan fingerprint density at radius 3 is 2.63 bits per heavy atom. The van der Waals surface area contributed by atoms with Gasteiger partial charge in [-0.3, -0.25) is 9.69 Å². The summed E-state index contributed by atoms with van der Waals surface area (Å²) in [6.07, 6.45) is 2.01. The molecule has 1 aromatic carbocycles. The molecule has 3 rings (SSSR count). The predicted octanol–water partition coefficient (Wildman–Crippen LogP) is 4.65. The van der Waals surface area contributed by atoms with Crippen LogP contribution >= 0.6 is 11.3 Å². The lowest BCUT2D eigenvalue weighted by Crippen LogP contribution is -2.22. The first-order chi connectivity index (χ1) is 12.9. The predicted molar refractivity (Wildman–Crippen MR) is 110 cm³/mol. The molecule has 0 unspecified atom stereocenters. The SMILES string of the molecule is CC[C@@H](C)Cc1c(C)sc2nc(CN(C)Cc3ccc(F)cc3)[nH]c(=O)c12. The minimum absolute atomic E-state index is 0.0483. The van der Waals surface area contributed by atoms with Crippen molar-refractivity contribution in [1.82, 2.24) is 14.9 Å². The summed E-state index contributed by atoms with van der Waals surface area (Å²) in [7, 11) is 1.96. The van der Waals surface area contributed by atoms with E-state index < -0.39 is 0 Å². The molecule has 144 valence electrons. The Bertz CT molecular complexity index is 977. The Morgan fingerprint density at radius 1 is 1.26 bits per heavy atom. The molecular formula is C21H26FN3OS. The van der Waals surface area contributed by atoms with Crippen LogP contribution in [0.2, 0.25) is 0 Å². The van der Waals surface area contributed by atoms with Crippen molar-refractivity contribution < 1.29 is 4.39 Å². The van der Waals surface area contributed by atoms with Crippen LogP contribution in [0.5, 0.6) is 0 Å². The van der Waals surface area contributed by atoms with Crippen molar-refractivity contribution in [1.29, 1.82) is 0 Å². The van der Waals surface area contributed by atoms with Crippen LogP contribution in [-0.4, -0.2) is 21.9 Å². The van der Waals surface area contributed by atoms with Gasteiger partial charge in [-0.2, -0.15) is 0 Å². The van der Waals surface area contributed by atoms with Gasteiger partial charge in [-0.15, -0.1) is 11.3 Å². The summed E-state index contributed by atoms with van der Waals surface area (Å²) < 4.78 is 13.0. The van der Waals surface area contributed by atoms with Crippen molar-refractivity contribution in [2.75, 3.05) is 7.05 Å². The number of H-pyrrole nitrogens is 1. The first-order valence-electron chi connectivity index (χ1n) is 9.31. The summed E-state index contributed by atoms with van der Waals surface area (Å²) in [5.41, 5.74) is 2.11. The minimum Gasteiger partial charge on any atom is -0.309 e. The molecule has 0 aliphatic rings. The van der Waals surface area contributed by atoms with Gasteiger partial charge in [0.05, 0.1) is 11.9 Å². The van der Waals surface area contributed by atoms with Crippen molar-refractivity contribution in [3.8, 4) is 0 Å². The first-order valence-corrected chi connectivity index (χ1v) is 10.1. The molecule has 0 saturated heterocycles. The van der Waals surface area contributed by atoms with Gasteiger partial charge in [-0.25, -0.2) is 9.37 Å². The van der Waals surface area contributed by atoms with Gasteiger partial charge in [0.2, 0.25) is 0 Å². The molecule has 1 atom stereocenters. The van der Waals surface area contributed by atoms with E-state index in [1.54, 1.807) is 23.5 Å². The summed E-state index contributed by atoms with van der Waals surface area (Å²) >= 11 is 1.60. The maximum atomic E-state index is 13.0. The Balaban J connectivity index is 1.81. The van der Waals surface area contributed by atoms with E-state index in [9.17, 15) is 9.18 Å². The number of thiophene rings is 1. The molecule has 0 saturated carbocycles. The van der Waals surface area contributed by atoms with E-state index in [2.05, 4.69) is 30.7 Å². The number of aromatic amines is 1. The summed E-state index contributed by atoms with van der Waals surface area (Å²) in [4.78, 5) is 24.5. The summed E-state index contributed by atoms with van der Waals surface area (Å²) in [5.74, 6) is 0.968. The molecule has 27 heavy (non-hydrogen) atoms. The fourth-order valence-electron chi connectivity index (χ4n) is 3.25.